The molecule has 0 aromatic heterocycles. The van der Waals surface area contributed by atoms with Crippen LogP contribution >= 0.6 is 0 Å². The third kappa shape index (κ3) is 1.78. The molecule has 0 saturated carbocycles. The molecule has 0 amide bonds. The number of nitrogens with one attached hydrogen (secondary N) is 1. The number of nitrogens with zero attached hydrogens (tertiary/aromatic N) is 1. The van der Waals surface area contributed by atoms with Crippen LogP contribution in [0.5, 0.6) is 5.75 Å². The molecule has 1 aromatic carbocycles. The fourth-order valence-electron chi connectivity index (χ4n) is 2.99. The van der Waals surface area contributed by atoms with Gasteiger partial charge in [0.25, 0.3) is 0 Å². The van der Waals surface area contributed by atoms with Crippen molar-refractivity contribution in [2.75, 3.05) is 13.1 Å². The molecule has 0 unspecified atom stereocenters. The van der Waals surface area contributed by atoms with Gasteiger partial charge in [-0.25, -0.2) is 0 Å². The topological polar surface area (TPSA) is 57.3 Å². The molecule has 0 aliphatic carbocycles. The van der Waals surface area contributed by atoms with Crippen LogP contribution in [0.4, 0.5) is 0 Å². The quantitative estimate of drug-likeness (QED) is 0.508. The van der Waals surface area contributed by atoms with Gasteiger partial charge in [-0.3, -0.25) is 0 Å². The molecule has 4 heteroatoms. The van der Waals surface area contributed by atoms with Crippen LogP contribution in [-0.4, -0.2) is 29.1 Å². The standard InChI is InChI=1S/C14H16N2O2/c17-13-4-2-1-3-11(13)9-12-14(15-18)10-5-7-16(12)8-6-10/h1-4,9-10,17-18H,5-8H2/p+1. The molecule has 0 spiro atoms. The molecule has 3 aliphatic heterocycles. The normalized spacial score (nSPS) is 31.1. The van der Waals surface area contributed by atoms with Gasteiger partial charge in [0.05, 0.1) is 13.1 Å². The Morgan fingerprint density at radius 1 is 1.22 bits per heavy atom. The summed E-state index contributed by atoms with van der Waals surface area (Å²) in [7, 11) is 0. The van der Waals surface area contributed by atoms with Crippen molar-refractivity contribution in [1.29, 1.82) is 0 Å². The van der Waals surface area contributed by atoms with Gasteiger partial charge in [0.15, 0.2) is 5.70 Å². The highest BCUT2D eigenvalue weighted by atomic mass is 16.4. The zero-order valence-corrected chi connectivity index (χ0v) is 10.1. The van der Waals surface area contributed by atoms with Crippen LogP contribution in [0.15, 0.2) is 35.1 Å². The molecule has 18 heavy (non-hydrogen) atoms. The number of phenolic OH excluding ortho intramolecular Hbond substituents is 1. The number of hydrogen-bond acceptors (Lipinski definition) is 3. The predicted molar refractivity (Wildman–Crippen MR) is 68.7 cm³/mol. The number of hydrogen-bond donors (Lipinski definition) is 3. The fourth-order valence-corrected chi connectivity index (χ4v) is 2.99. The molecule has 1 aromatic rings. The Balaban J connectivity index is 2.02. The molecule has 3 aliphatic rings. The predicted octanol–water partition coefficient (Wildman–Crippen LogP) is 0.872. The summed E-state index contributed by atoms with van der Waals surface area (Å²) in [4.78, 5) is 1.36. The average molecular weight is 245 g/mol. The van der Waals surface area contributed by atoms with E-state index in [0.29, 0.717) is 5.92 Å². The second-order valence-corrected chi connectivity index (χ2v) is 4.98. The van der Waals surface area contributed by atoms with Crippen LogP contribution < -0.4 is 4.90 Å². The number of phenols is 1. The first-order valence-corrected chi connectivity index (χ1v) is 6.36. The highest BCUT2D eigenvalue weighted by Gasteiger charge is 2.39. The van der Waals surface area contributed by atoms with Crippen molar-refractivity contribution >= 4 is 11.8 Å². The second kappa shape index (κ2) is 4.46. The fraction of sp³-hybridized carbons (Fsp3) is 0.357. The molecule has 3 N–H and O–H groups in total. The first-order chi connectivity index (χ1) is 8.79. The van der Waals surface area contributed by atoms with E-state index in [1.165, 1.54) is 4.90 Å². The summed E-state index contributed by atoms with van der Waals surface area (Å²) in [5.74, 6) is 0.647. The molecule has 4 rings (SSSR count). The monoisotopic (exact) mass is 245 g/mol. The number of rotatable bonds is 1. The summed E-state index contributed by atoms with van der Waals surface area (Å²) in [6.07, 6.45) is 4.13. The van der Waals surface area contributed by atoms with Gasteiger partial charge < -0.3 is 15.2 Å². The van der Waals surface area contributed by atoms with Gasteiger partial charge >= 0.3 is 0 Å². The Kier molecular flexibility index (Phi) is 2.80. The number of allylic oxidation sites excluding steroid dienone is 1. The van der Waals surface area contributed by atoms with Crippen LogP contribution in [-0.2, 0) is 0 Å². The molecule has 3 fully saturated rings. The van der Waals surface area contributed by atoms with Crippen LogP contribution in [0.1, 0.15) is 18.4 Å². The zero-order valence-electron chi connectivity index (χ0n) is 10.1. The third-order valence-corrected chi connectivity index (χ3v) is 3.98. The lowest BCUT2D eigenvalue weighted by atomic mass is 9.83. The van der Waals surface area contributed by atoms with E-state index in [-0.39, 0.29) is 5.75 Å². The Labute approximate surface area is 106 Å². The molecule has 4 nitrogen and oxygen atoms in total. The van der Waals surface area contributed by atoms with Crippen molar-refractivity contribution in [2.24, 2.45) is 11.1 Å². The van der Waals surface area contributed by atoms with Crippen LogP contribution in [0.25, 0.3) is 6.08 Å². The van der Waals surface area contributed by atoms with Gasteiger partial charge in [-0.1, -0.05) is 23.4 Å². The molecule has 3 heterocycles. The molecule has 3 saturated heterocycles. The van der Waals surface area contributed by atoms with E-state index in [1.807, 2.05) is 18.2 Å². The Morgan fingerprint density at radius 3 is 2.61 bits per heavy atom. The first kappa shape index (κ1) is 11.3. The van der Waals surface area contributed by atoms with Gasteiger partial charge in [-0.15, -0.1) is 0 Å². The number of aromatic hydroxyl groups is 1. The summed E-state index contributed by atoms with van der Waals surface area (Å²) in [5, 5.41) is 22.5. The van der Waals surface area contributed by atoms with E-state index >= 15 is 0 Å². The third-order valence-electron chi connectivity index (χ3n) is 3.98. The second-order valence-electron chi connectivity index (χ2n) is 4.98. The number of para-hydroxylation sites is 1. The summed E-state index contributed by atoms with van der Waals surface area (Å²) in [6.45, 7) is 2.17. The highest BCUT2D eigenvalue weighted by molar-refractivity contribution is 6.03. The Morgan fingerprint density at radius 2 is 1.94 bits per heavy atom. The van der Waals surface area contributed by atoms with Gasteiger partial charge in [0.1, 0.15) is 11.5 Å². The van der Waals surface area contributed by atoms with Crippen molar-refractivity contribution in [3.8, 4) is 5.75 Å². The zero-order chi connectivity index (χ0) is 12.5. The minimum Gasteiger partial charge on any atom is -0.507 e. The molecule has 2 bridgehead atoms. The summed E-state index contributed by atoms with van der Waals surface area (Å²) < 4.78 is 0. The largest absolute Gasteiger partial charge is 0.507 e. The Bertz CT molecular complexity index is 514. The summed E-state index contributed by atoms with van der Waals surface area (Å²) in [6, 6.07) is 7.25. The lowest BCUT2D eigenvalue weighted by Gasteiger charge is -2.37. The summed E-state index contributed by atoms with van der Waals surface area (Å²) in [5.41, 5.74) is 2.61. The number of fused-ring (bicyclic) bond motifs is 3. The lowest BCUT2D eigenvalue weighted by Crippen LogP contribution is -3.14. The van der Waals surface area contributed by atoms with Gasteiger partial charge in [0, 0.05) is 30.4 Å². The molecule has 0 radical (unpaired) electrons. The minimum absolute atomic E-state index is 0.268. The van der Waals surface area contributed by atoms with E-state index < -0.39 is 0 Å². The minimum atomic E-state index is 0.268. The van der Waals surface area contributed by atoms with Gasteiger partial charge in [-0.05, 0) is 6.07 Å². The van der Waals surface area contributed by atoms with E-state index in [0.717, 1.165) is 42.9 Å². The molecule has 94 valence electrons. The van der Waals surface area contributed by atoms with Gasteiger partial charge in [0.2, 0.25) is 0 Å². The maximum atomic E-state index is 9.81. The van der Waals surface area contributed by atoms with Crippen molar-refractivity contribution in [3.05, 3.63) is 35.5 Å². The Hall–Kier alpha value is -1.81. The average Bonchev–Trinajstić information content (AvgIpc) is 2.42. The first-order valence-electron chi connectivity index (χ1n) is 6.36. The smallest absolute Gasteiger partial charge is 0.157 e. The highest BCUT2D eigenvalue weighted by Crippen LogP contribution is 2.24. The number of piperidine rings is 3. The van der Waals surface area contributed by atoms with Gasteiger partial charge in [-0.2, -0.15) is 0 Å². The van der Waals surface area contributed by atoms with E-state index in [1.54, 1.807) is 12.1 Å². The van der Waals surface area contributed by atoms with Crippen LogP contribution in [0.3, 0.4) is 0 Å². The van der Waals surface area contributed by atoms with Crippen LogP contribution in [0, 0.1) is 5.92 Å². The number of quaternary nitrogens is 1. The number of benzene rings is 1. The molecular weight excluding hydrogens is 228 g/mol. The SMILES string of the molecule is ON=C1C(=Cc2ccccc2O)[NH+]2CCC1CC2. The summed E-state index contributed by atoms with van der Waals surface area (Å²) >= 11 is 0. The lowest BCUT2D eigenvalue weighted by molar-refractivity contribution is -0.865. The van der Waals surface area contributed by atoms with E-state index in [2.05, 4.69) is 5.16 Å². The number of oxime groups is 1. The van der Waals surface area contributed by atoms with Crippen molar-refractivity contribution in [2.45, 2.75) is 12.8 Å². The van der Waals surface area contributed by atoms with Crippen molar-refractivity contribution in [3.63, 3.8) is 0 Å². The van der Waals surface area contributed by atoms with E-state index in [4.69, 9.17) is 0 Å². The van der Waals surface area contributed by atoms with Crippen molar-refractivity contribution < 1.29 is 15.2 Å². The maximum Gasteiger partial charge on any atom is 0.157 e. The van der Waals surface area contributed by atoms with Crippen molar-refractivity contribution in [1.82, 2.24) is 0 Å². The molecular formula is C14H17N2O2+. The maximum absolute atomic E-state index is 9.81. The van der Waals surface area contributed by atoms with Crippen LogP contribution in [0.2, 0.25) is 0 Å². The van der Waals surface area contributed by atoms with E-state index in [9.17, 15) is 10.3 Å². The molecule has 0 atom stereocenters.